The lowest BCUT2D eigenvalue weighted by molar-refractivity contribution is -0.118. The number of hydrogen-bond acceptors (Lipinski definition) is 4. The number of piperazine rings is 1. The Bertz CT molecular complexity index is 887. The van der Waals surface area contributed by atoms with E-state index in [9.17, 15) is 4.79 Å². The molecule has 166 valence electrons. The lowest BCUT2D eigenvalue weighted by Crippen LogP contribution is -2.52. The molecule has 1 amide bonds. The van der Waals surface area contributed by atoms with Crippen molar-refractivity contribution in [1.82, 2.24) is 10.2 Å². The van der Waals surface area contributed by atoms with Gasteiger partial charge in [-0.05, 0) is 29.8 Å². The zero-order chi connectivity index (χ0) is 22.2. The highest BCUT2D eigenvalue weighted by Crippen LogP contribution is 2.28. The average Bonchev–Trinajstić information content (AvgIpc) is 2.80. The summed E-state index contributed by atoms with van der Waals surface area (Å²) in [5.41, 5.74) is 3.09. The van der Waals surface area contributed by atoms with Gasteiger partial charge in [-0.2, -0.15) is 0 Å². The first-order valence-corrected chi connectivity index (χ1v) is 10.7. The molecule has 7 heteroatoms. The second-order valence-electron chi connectivity index (χ2n) is 7.89. The van der Waals surface area contributed by atoms with Crippen molar-refractivity contribution in [1.29, 1.82) is 0 Å². The Labute approximate surface area is 185 Å². The van der Waals surface area contributed by atoms with Gasteiger partial charge in [0.1, 0.15) is 5.75 Å². The third-order valence-electron chi connectivity index (χ3n) is 5.41. The van der Waals surface area contributed by atoms with Crippen LogP contribution in [0.25, 0.3) is 0 Å². The van der Waals surface area contributed by atoms with Crippen molar-refractivity contribution in [2.24, 2.45) is 10.9 Å². The summed E-state index contributed by atoms with van der Waals surface area (Å²) in [7, 11) is 3.53. The number of guanidine groups is 1. The summed E-state index contributed by atoms with van der Waals surface area (Å²) in [6, 6.07) is 16.1. The van der Waals surface area contributed by atoms with Gasteiger partial charge in [0.2, 0.25) is 5.91 Å². The van der Waals surface area contributed by atoms with Gasteiger partial charge in [-0.15, -0.1) is 0 Å². The molecular weight excluding hydrogens is 390 g/mol. The highest BCUT2D eigenvalue weighted by Gasteiger charge is 2.21. The minimum atomic E-state index is -0.0342. The molecule has 1 aliphatic heterocycles. The van der Waals surface area contributed by atoms with Crippen LogP contribution >= 0.6 is 0 Å². The maximum absolute atomic E-state index is 11.8. The van der Waals surface area contributed by atoms with Crippen molar-refractivity contribution in [3.63, 3.8) is 0 Å². The summed E-state index contributed by atoms with van der Waals surface area (Å²) in [6.07, 6.45) is 0. The minimum Gasteiger partial charge on any atom is -0.495 e. The number of carbonyl (C=O) groups excluding carboxylic acids is 1. The van der Waals surface area contributed by atoms with Crippen molar-refractivity contribution in [2.45, 2.75) is 20.4 Å². The van der Waals surface area contributed by atoms with Crippen LogP contribution in [0.5, 0.6) is 5.75 Å². The van der Waals surface area contributed by atoms with Crippen molar-refractivity contribution in [2.75, 3.05) is 50.6 Å². The molecule has 2 aromatic rings. The van der Waals surface area contributed by atoms with Gasteiger partial charge < -0.3 is 25.2 Å². The number of methoxy groups -OCH3 is 1. The summed E-state index contributed by atoms with van der Waals surface area (Å²) in [5.74, 6) is 1.80. The van der Waals surface area contributed by atoms with Crippen LogP contribution in [0.1, 0.15) is 19.4 Å². The Morgan fingerprint density at radius 3 is 2.35 bits per heavy atom. The molecular formula is C24H33N5O2. The molecule has 0 aliphatic carbocycles. The van der Waals surface area contributed by atoms with Gasteiger partial charge in [0.15, 0.2) is 5.96 Å². The van der Waals surface area contributed by atoms with Crippen molar-refractivity contribution < 1.29 is 9.53 Å². The van der Waals surface area contributed by atoms with E-state index in [0.29, 0.717) is 6.54 Å². The first-order chi connectivity index (χ1) is 15.0. The van der Waals surface area contributed by atoms with Gasteiger partial charge in [0.25, 0.3) is 0 Å². The SMILES string of the molecule is CN=C(NCc1ccc(NC(=O)C(C)C)cc1)N1CCN(c2ccccc2OC)CC1. The van der Waals surface area contributed by atoms with E-state index in [1.807, 2.05) is 63.4 Å². The molecule has 0 aromatic heterocycles. The topological polar surface area (TPSA) is 69.2 Å². The number of hydrogen-bond donors (Lipinski definition) is 2. The number of anilines is 2. The molecule has 0 spiro atoms. The van der Waals surface area contributed by atoms with Crippen LogP contribution in [0.15, 0.2) is 53.5 Å². The summed E-state index contributed by atoms with van der Waals surface area (Å²) < 4.78 is 5.51. The van der Waals surface area contributed by atoms with Gasteiger partial charge in [-0.1, -0.05) is 38.1 Å². The maximum Gasteiger partial charge on any atom is 0.226 e. The molecule has 7 nitrogen and oxygen atoms in total. The van der Waals surface area contributed by atoms with E-state index in [-0.39, 0.29) is 11.8 Å². The number of nitrogens with zero attached hydrogens (tertiary/aromatic N) is 3. The lowest BCUT2D eigenvalue weighted by Gasteiger charge is -2.38. The van der Waals surface area contributed by atoms with Crippen LogP contribution in [0.4, 0.5) is 11.4 Å². The average molecular weight is 424 g/mol. The Morgan fingerprint density at radius 1 is 1.06 bits per heavy atom. The highest BCUT2D eigenvalue weighted by molar-refractivity contribution is 5.92. The molecule has 0 saturated carbocycles. The van der Waals surface area contributed by atoms with E-state index in [4.69, 9.17) is 4.74 Å². The van der Waals surface area contributed by atoms with E-state index < -0.39 is 0 Å². The Morgan fingerprint density at radius 2 is 1.74 bits per heavy atom. The number of para-hydroxylation sites is 2. The summed E-state index contributed by atoms with van der Waals surface area (Å²) in [6.45, 7) is 8.04. The first-order valence-electron chi connectivity index (χ1n) is 10.7. The van der Waals surface area contributed by atoms with Gasteiger partial charge in [0, 0.05) is 51.4 Å². The summed E-state index contributed by atoms with van der Waals surface area (Å²) >= 11 is 0. The molecule has 1 aliphatic rings. The number of rotatable bonds is 6. The van der Waals surface area contributed by atoms with Crippen LogP contribution in [0, 0.1) is 5.92 Å². The quantitative estimate of drug-likeness (QED) is 0.552. The zero-order valence-corrected chi connectivity index (χ0v) is 18.9. The van der Waals surface area contributed by atoms with Crippen molar-refractivity contribution in [3.05, 3.63) is 54.1 Å². The van der Waals surface area contributed by atoms with E-state index in [0.717, 1.165) is 54.8 Å². The van der Waals surface area contributed by atoms with Crippen molar-refractivity contribution in [3.8, 4) is 5.75 Å². The summed E-state index contributed by atoms with van der Waals surface area (Å²) in [5, 5.41) is 6.37. The Balaban J connectivity index is 1.51. The van der Waals surface area contributed by atoms with E-state index >= 15 is 0 Å². The van der Waals surface area contributed by atoms with Gasteiger partial charge in [0.05, 0.1) is 12.8 Å². The number of aliphatic imine (C=N–C) groups is 1. The normalized spacial score (nSPS) is 14.5. The van der Waals surface area contributed by atoms with E-state index in [2.05, 4.69) is 31.5 Å². The molecule has 0 bridgehead atoms. The first kappa shape index (κ1) is 22.5. The predicted octanol–water partition coefficient (Wildman–Crippen LogP) is 3.19. The van der Waals surface area contributed by atoms with Crippen LogP contribution in [0.3, 0.4) is 0 Å². The highest BCUT2D eigenvalue weighted by atomic mass is 16.5. The van der Waals surface area contributed by atoms with Gasteiger partial charge >= 0.3 is 0 Å². The third-order valence-corrected chi connectivity index (χ3v) is 5.41. The fraction of sp³-hybridized carbons (Fsp3) is 0.417. The molecule has 0 atom stereocenters. The predicted molar refractivity (Wildman–Crippen MR) is 127 cm³/mol. The fourth-order valence-corrected chi connectivity index (χ4v) is 3.56. The second kappa shape index (κ2) is 10.7. The Kier molecular flexibility index (Phi) is 7.76. The second-order valence-corrected chi connectivity index (χ2v) is 7.89. The number of amides is 1. The van der Waals surface area contributed by atoms with Crippen molar-refractivity contribution >= 4 is 23.2 Å². The summed E-state index contributed by atoms with van der Waals surface area (Å²) in [4.78, 5) is 20.9. The number of ether oxygens (including phenoxy) is 1. The fourth-order valence-electron chi connectivity index (χ4n) is 3.56. The third kappa shape index (κ3) is 5.90. The molecule has 1 fully saturated rings. The van der Waals surface area contributed by atoms with Gasteiger partial charge in [-0.25, -0.2) is 0 Å². The molecule has 0 radical (unpaired) electrons. The van der Waals surface area contributed by atoms with Gasteiger partial charge in [-0.3, -0.25) is 9.79 Å². The van der Waals surface area contributed by atoms with Crippen LogP contribution < -0.4 is 20.3 Å². The molecule has 1 saturated heterocycles. The largest absolute Gasteiger partial charge is 0.495 e. The molecule has 1 heterocycles. The monoisotopic (exact) mass is 423 g/mol. The molecule has 2 aromatic carbocycles. The molecule has 2 N–H and O–H groups in total. The number of carbonyl (C=O) groups is 1. The van der Waals surface area contributed by atoms with Crippen LogP contribution in [-0.4, -0.2) is 57.1 Å². The number of nitrogens with one attached hydrogen (secondary N) is 2. The lowest BCUT2D eigenvalue weighted by atomic mass is 10.1. The molecule has 3 rings (SSSR count). The smallest absolute Gasteiger partial charge is 0.226 e. The zero-order valence-electron chi connectivity index (χ0n) is 18.9. The van der Waals surface area contributed by atoms with E-state index in [1.165, 1.54) is 0 Å². The standard InChI is InChI=1S/C24H33N5O2/c1-18(2)23(30)27-20-11-9-19(10-12-20)17-26-24(25-3)29-15-13-28(14-16-29)21-7-5-6-8-22(21)31-4/h5-12,18H,13-17H2,1-4H3,(H,25,26)(H,27,30). The van der Waals surface area contributed by atoms with E-state index in [1.54, 1.807) is 7.11 Å². The minimum absolute atomic E-state index is 0.0264. The Hall–Kier alpha value is -3.22. The molecule has 31 heavy (non-hydrogen) atoms. The van der Waals surface area contributed by atoms with Crippen LogP contribution in [-0.2, 0) is 11.3 Å². The maximum atomic E-state index is 11.8. The van der Waals surface area contributed by atoms with Crippen LogP contribution in [0.2, 0.25) is 0 Å². The molecule has 0 unspecified atom stereocenters. The number of benzene rings is 2.